The van der Waals surface area contributed by atoms with Gasteiger partial charge in [0.2, 0.25) is 0 Å². The molecule has 8 nitrogen and oxygen atoms in total. The molecule has 2 aromatic carbocycles. The molecule has 1 N–H and O–H groups in total. The Labute approximate surface area is 237 Å². The summed E-state index contributed by atoms with van der Waals surface area (Å²) in [4.78, 5) is 31.1. The van der Waals surface area contributed by atoms with Crippen molar-refractivity contribution in [3.63, 3.8) is 0 Å². The summed E-state index contributed by atoms with van der Waals surface area (Å²) < 4.78 is 5.51. The maximum Gasteiger partial charge on any atom is 0.257 e. The van der Waals surface area contributed by atoms with Crippen LogP contribution in [0.4, 0.5) is 5.13 Å². The van der Waals surface area contributed by atoms with Gasteiger partial charge in [-0.1, -0.05) is 24.3 Å². The van der Waals surface area contributed by atoms with E-state index >= 15 is 0 Å². The molecule has 0 unspecified atom stereocenters. The predicted molar refractivity (Wildman–Crippen MR) is 154 cm³/mol. The lowest BCUT2D eigenvalue weighted by Crippen LogP contribution is -2.45. The van der Waals surface area contributed by atoms with E-state index in [1.807, 2.05) is 49.4 Å². The summed E-state index contributed by atoms with van der Waals surface area (Å²) in [6, 6.07) is 19.6. The minimum atomic E-state index is -0.166. The van der Waals surface area contributed by atoms with Gasteiger partial charge >= 0.3 is 0 Å². The van der Waals surface area contributed by atoms with E-state index in [9.17, 15) is 4.79 Å². The van der Waals surface area contributed by atoms with Crippen LogP contribution in [0.2, 0.25) is 0 Å². The normalized spacial score (nSPS) is 17.1. The second kappa shape index (κ2) is 11.6. The fourth-order valence-electron chi connectivity index (χ4n) is 5.41. The van der Waals surface area contributed by atoms with Crippen LogP contribution in [0.1, 0.15) is 50.0 Å². The average Bonchev–Trinajstić information content (AvgIpc) is 3.39. The molecular formula is C31H30N6O2S. The quantitative estimate of drug-likeness (QED) is 0.367. The molecule has 0 spiro atoms. The Hall–Kier alpha value is -3.97. The van der Waals surface area contributed by atoms with Gasteiger partial charge in [-0.2, -0.15) is 5.26 Å². The summed E-state index contributed by atoms with van der Waals surface area (Å²) in [6.45, 7) is 5.53. The van der Waals surface area contributed by atoms with Gasteiger partial charge in [0.25, 0.3) is 5.91 Å². The van der Waals surface area contributed by atoms with Crippen LogP contribution in [-0.4, -0.2) is 58.1 Å². The first-order chi connectivity index (χ1) is 19.5. The SMILES string of the molecule is Cc1cc(-c2ccc(C#N)cc2)nc(Cc2cccc(C(=O)Nc3nc4c(s3)C[C@@H](N3CCOCC3)CC4)c2)n1. The molecule has 9 heteroatoms. The highest BCUT2D eigenvalue weighted by Gasteiger charge is 2.28. The Kier molecular flexibility index (Phi) is 7.64. The molecule has 0 radical (unpaired) electrons. The first-order valence-corrected chi connectivity index (χ1v) is 14.4. The number of aryl methyl sites for hydroxylation is 2. The molecule has 1 aliphatic carbocycles. The monoisotopic (exact) mass is 550 g/mol. The smallest absolute Gasteiger partial charge is 0.257 e. The summed E-state index contributed by atoms with van der Waals surface area (Å²) in [6.07, 6.45) is 3.53. The number of nitrogens with zero attached hydrogens (tertiary/aromatic N) is 5. The number of aromatic nitrogens is 3. The Balaban J connectivity index is 1.13. The van der Waals surface area contributed by atoms with E-state index in [0.29, 0.717) is 34.5 Å². The van der Waals surface area contributed by atoms with Crippen LogP contribution in [0, 0.1) is 18.3 Å². The number of anilines is 1. The van der Waals surface area contributed by atoms with Crippen LogP contribution in [0.15, 0.2) is 54.6 Å². The summed E-state index contributed by atoms with van der Waals surface area (Å²) in [5.41, 5.74) is 5.87. The lowest BCUT2D eigenvalue weighted by molar-refractivity contribution is 0.0139. The topological polar surface area (TPSA) is 104 Å². The maximum absolute atomic E-state index is 13.2. The molecule has 1 saturated heterocycles. The Morgan fingerprint density at radius 3 is 2.75 bits per heavy atom. The van der Waals surface area contributed by atoms with E-state index in [1.165, 1.54) is 4.88 Å². The van der Waals surface area contributed by atoms with Crippen molar-refractivity contribution in [2.24, 2.45) is 0 Å². The van der Waals surface area contributed by atoms with Gasteiger partial charge in [0.15, 0.2) is 5.13 Å². The highest BCUT2D eigenvalue weighted by molar-refractivity contribution is 7.15. The molecule has 1 atom stereocenters. The van der Waals surface area contributed by atoms with Crippen molar-refractivity contribution in [1.29, 1.82) is 5.26 Å². The summed E-state index contributed by atoms with van der Waals surface area (Å²) in [5, 5.41) is 12.8. The fraction of sp³-hybridized carbons (Fsp3) is 0.323. The largest absolute Gasteiger partial charge is 0.379 e. The van der Waals surface area contributed by atoms with Crippen molar-refractivity contribution in [3.8, 4) is 17.3 Å². The summed E-state index contributed by atoms with van der Waals surface area (Å²) in [7, 11) is 0. The summed E-state index contributed by atoms with van der Waals surface area (Å²) >= 11 is 1.60. The molecule has 1 aliphatic heterocycles. The highest BCUT2D eigenvalue weighted by Crippen LogP contribution is 2.32. The molecule has 40 heavy (non-hydrogen) atoms. The Morgan fingerprint density at radius 2 is 1.95 bits per heavy atom. The van der Waals surface area contributed by atoms with Gasteiger partial charge in [0.1, 0.15) is 5.82 Å². The molecule has 202 valence electrons. The lowest BCUT2D eigenvalue weighted by atomic mass is 9.96. The first kappa shape index (κ1) is 26.3. The number of benzene rings is 2. The fourth-order valence-corrected chi connectivity index (χ4v) is 6.49. The third-order valence-electron chi connectivity index (χ3n) is 7.46. The van der Waals surface area contributed by atoms with Gasteiger partial charge in [0.05, 0.1) is 36.2 Å². The molecular weight excluding hydrogens is 520 g/mol. The zero-order valence-corrected chi connectivity index (χ0v) is 23.2. The number of ether oxygens (including phenoxy) is 1. The third kappa shape index (κ3) is 5.94. The van der Waals surface area contributed by atoms with E-state index < -0.39 is 0 Å². The molecule has 3 heterocycles. The van der Waals surface area contributed by atoms with Gasteiger partial charge in [-0.3, -0.25) is 15.0 Å². The number of fused-ring (bicyclic) bond motifs is 1. The standard InChI is InChI=1S/C31H30N6O2S/c1-20-15-27(23-7-5-21(19-32)6-8-23)34-29(33-20)17-22-3-2-4-24(16-22)30(38)36-31-35-26-10-9-25(18-28(26)40-31)37-11-13-39-14-12-37/h2-8,15-16,25H,9-14,17-18H2,1H3,(H,35,36,38)/t25-/m0/s1. The number of rotatable bonds is 6. The number of hydrogen-bond acceptors (Lipinski definition) is 8. The number of morpholine rings is 1. The number of thiazole rings is 1. The zero-order valence-electron chi connectivity index (χ0n) is 22.4. The van der Waals surface area contributed by atoms with E-state index in [-0.39, 0.29) is 5.91 Å². The predicted octanol–water partition coefficient (Wildman–Crippen LogP) is 4.81. The molecule has 0 saturated carbocycles. The van der Waals surface area contributed by atoms with Crippen LogP contribution in [0.3, 0.4) is 0 Å². The minimum absolute atomic E-state index is 0.166. The van der Waals surface area contributed by atoms with Crippen molar-refractivity contribution in [2.45, 2.75) is 38.6 Å². The van der Waals surface area contributed by atoms with E-state index in [2.05, 4.69) is 21.3 Å². The number of nitriles is 1. The molecule has 4 aromatic rings. The number of hydrogen-bond donors (Lipinski definition) is 1. The second-order valence-corrected chi connectivity index (χ2v) is 11.3. The van der Waals surface area contributed by atoms with Crippen LogP contribution in [-0.2, 0) is 24.0 Å². The van der Waals surface area contributed by atoms with E-state index in [4.69, 9.17) is 20.0 Å². The van der Waals surface area contributed by atoms with Crippen molar-refractivity contribution in [1.82, 2.24) is 19.9 Å². The first-order valence-electron chi connectivity index (χ1n) is 13.6. The number of amides is 1. The van der Waals surface area contributed by atoms with Gasteiger partial charge in [-0.25, -0.2) is 15.0 Å². The van der Waals surface area contributed by atoms with Crippen molar-refractivity contribution >= 4 is 22.4 Å². The lowest BCUT2D eigenvalue weighted by Gasteiger charge is -2.36. The van der Waals surface area contributed by atoms with Gasteiger partial charge < -0.3 is 4.74 Å². The minimum Gasteiger partial charge on any atom is -0.379 e. The van der Waals surface area contributed by atoms with Gasteiger partial charge in [-0.05, 0) is 62.1 Å². The van der Waals surface area contributed by atoms with Crippen molar-refractivity contribution < 1.29 is 9.53 Å². The highest BCUT2D eigenvalue weighted by atomic mass is 32.1. The van der Waals surface area contributed by atoms with Crippen molar-refractivity contribution in [2.75, 3.05) is 31.6 Å². The molecule has 6 rings (SSSR count). The summed E-state index contributed by atoms with van der Waals surface area (Å²) in [5.74, 6) is 0.514. The molecule has 1 fully saturated rings. The molecule has 1 amide bonds. The van der Waals surface area contributed by atoms with Gasteiger partial charge in [0, 0.05) is 47.3 Å². The average molecular weight is 551 g/mol. The van der Waals surface area contributed by atoms with Crippen LogP contribution in [0.5, 0.6) is 0 Å². The zero-order chi connectivity index (χ0) is 27.5. The molecule has 2 aromatic heterocycles. The third-order valence-corrected chi connectivity index (χ3v) is 8.49. The molecule has 0 bridgehead atoms. The maximum atomic E-state index is 13.2. The Morgan fingerprint density at radius 1 is 1.12 bits per heavy atom. The molecule has 2 aliphatic rings. The van der Waals surface area contributed by atoms with Crippen molar-refractivity contribution in [3.05, 3.63) is 93.4 Å². The number of carbonyl (C=O) groups is 1. The Bertz CT molecular complexity index is 1570. The van der Waals surface area contributed by atoms with E-state index in [0.717, 1.165) is 73.8 Å². The van der Waals surface area contributed by atoms with Crippen LogP contribution in [0.25, 0.3) is 11.3 Å². The second-order valence-electron chi connectivity index (χ2n) is 10.3. The van der Waals surface area contributed by atoms with Crippen LogP contribution >= 0.6 is 11.3 Å². The number of nitrogens with one attached hydrogen (secondary N) is 1. The van der Waals surface area contributed by atoms with E-state index in [1.54, 1.807) is 23.5 Å². The van der Waals surface area contributed by atoms with Crippen LogP contribution < -0.4 is 5.32 Å². The number of carbonyl (C=O) groups excluding carboxylic acids is 1. The van der Waals surface area contributed by atoms with Gasteiger partial charge in [-0.15, -0.1) is 11.3 Å².